The van der Waals surface area contributed by atoms with Gasteiger partial charge in [0.2, 0.25) is 0 Å². The third-order valence-corrected chi connectivity index (χ3v) is 7.03. The van der Waals surface area contributed by atoms with Gasteiger partial charge in [0.25, 0.3) is 0 Å². The molecule has 1 aromatic carbocycles. The van der Waals surface area contributed by atoms with Gasteiger partial charge in [0, 0.05) is 23.8 Å². The van der Waals surface area contributed by atoms with Crippen LogP contribution in [0.4, 0.5) is 5.82 Å². The zero-order chi connectivity index (χ0) is 24.6. The number of benzene rings is 1. The molecule has 0 saturated heterocycles. The minimum absolute atomic E-state index is 0.0261. The molecule has 0 aliphatic heterocycles. The Hall–Kier alpha value is -3.85. The average Bonchev–Trinajstić information content (AvgIpc) is 3.48. The molecule has 0 amide bonds. The second kappa shape index (κ2) is 9.31. The molecule has 1 aliphatic carbocycles. The summed E-state index contributed by atoms with van der Waals surface area (Å²) in [7, 11) is 0. The van der Waals surface area contributed by atoms with Crippen LogP contribution in [0.15, 0.2) is 55.1 Å². The summed E-state index contributed by atoms with van der Waals surface area (Å²) in [6, 6.07) is 10.8. The number of anilines is 1. The summed E-state index contributed by atoms with van der Waals surface area (Å²) in [5, 5.41) is 23.2. The largest absolute Gasteiger partial charge is 0.394 e. The molecule has 36 heavy (non-hydrogen) atoms. The Morgan fingerprint density at radius 3 is 2.75 bits per heavy atom. The van der Waals surface area contributed by atoms with Crippen LogP contribution < -0.4 is 5.32 Å². The molecule has 1 aliphatic rings. The monoisotopic (exact) mass is 482 g/mol. The molecular weight excluding hydrogens is 452 g/mol. The lowest BCUT2D eigenvalue weighted by molar-refractivity contribution is 0.269. The maximum atomic E-state index is 9.28. The number of nitrogens with one attached hydrogen (secondary N) is 1. The normalized spacial score (nSPS) is 15.4. The van der Waals surface area contributed by atoms with Crippen molar-refractivity contribution in [3.8, 4) is 11.4 Å². The number of nitrogens with zero attached hydrogens (tertiary/aromatic N) is 7. The molecule has 0 radical (unpaired) electrons. The zero-order valence-corrected chi connectivity index (χ0v) is 20.5. The van der Waals surface area contributed by atoms with Crippen LogP contribution in [0.3, 0.4) is 0 Å². The van der Waals surface area contributed by atoms with Crippen molar-refractivity contribution in [3.63, 3.8) is 0 Å². The van der Waals surface area contributed by atoms with Crippen molar-refractivity contribution in [2.75, 3.05) is 11.9 Å². The predicted octanol–water partition coefficient (Wildman–Crippen LogP) is 4.76. The lowest BCUT2D eigenvalue weighted by atomic mass is 10.0. The van der Waals surface area contributed by atoms with Gasteiger partial charge < -0.3 is 10.4 Å². The number of rotatable bonds is 9. The molecule has 9 nitrogen and oxygen atoms in total. The number of hydrogen-bond acceptors (Lipinski definition) is 7. The first-order chi connectivity index (χ1) is 17.6. The third-order valence-electron chi connectivity index (χ3n) is 7.03. The molecule has 5 aromatic rings. The number of aliphatic hydroxyl groups is 1. The molecule has 6 rings (SSSR count). The summed E-state index contributed by atoms with van der Waals surface area (Å²) in [6.07, 6.45) is 10.7. The third kappa shape index (κ3) is 4.19. The van der Waals surface area contributed by atoms with Gasteiger partial charge in [-0.25, -0.2) is 9.97 Å². The molecule has 2 atom stereocenters. The highest BCUT2D eigenvalue weighted by Crippen LogP contribution is 2.44. The number of aliphatic hydroxyl groups excluding tert-OH is 1. The van der Waals surface area contributed by atoms with Crippen molar-refractivity contribution in [1.82, 2.24) is 34.5 Å². The predicted molar refractivity (Wildman–Crippen MR) is 139 cm³/mol. The lowest BCUT2D eigenvalue weighted by Gasteiger charge is -2.21. The first-order valence-corrected chi connectivity index (χ1v) is 12.6. The SMILES string of the molecule is CCC(C)n1ncc2nc(-c3cnn(CCO)c3)nc(N[C@@H](c3cnc4ccccc4c3)C3CC3)c21. The van der Waals surface area contributed by atoms with Gasteiger partial charge in [0.15, 0.2) is 11.6 Å². The second-order valence-electron chi connectivity index (χ2n) is 9.61. The number of para-hydroxylation sites is 1. The van der Waals surface area contributed by atoms with Gasteiger partial charge in [-0.05, 0) is 49.8 Å². The fourth-order valence-electron chi connectivity index (χ4n) is 4.71. The fraction of sp³-hybridized carbons (Fsp3) is 0.370. The van der Waals surface area contributed by atoms with Gasteiger partial charge in [-0.1, -0.05) is 25.1 Å². The maximum Gasteiger partial charge on any atom is 0.165 e. The molecule has 1 unspecified atom stereocenters. The highest BCUT2D eigenvalue weighted by atomic mass is 16.3. The number of fused-ring (bicyclic) bond motifs is 2. The Labute approximate surface area is 209 Å². The molecule has 0 bridgehead atoms. The molecule has 184 valence electrons. The van der Waals surface area contributed by atoms with E-state index in [1.165, 1.54) is 12.8 Å². The van der Waals surface area contributed by atoms with Crippen LogP contribution >= 0.6 is 0 Å². The van der Waals surface area contributed by atoms with E-state index in [1.807, 2.05) is 35.4 Å². The molecule has 4 heterocycles. The summed E-state index contributed by atoms with van der Waals surface area (Å²) < 4.78 is 3.73. The van der Waals surface area contributed by atoms with Gasteiger partial charge in [-0.2, -0.15) is 10.2 Å². The number of aromatic nitrogens is 7. The van der Waals surface area contributed by atoms with E-state index < -0.39 is 0 Å². The van der Waals surface area contributed by atoms with Crippen LogP contribution in [-0.2, 0) is 6.54 Å². The molecule has 4 aromatic heterocycles. The van der Waals surface area contributed by atoms with Crippen LogP contribution in [0.2, 0.25) is 0 Å². The van der Waals surface area contributed by atoms with Crippen molar-refractivity contribution in [2.24, 2.45) is 5.92 Å². The quantitative estimate of drug-likeness (QED) is 0.312. The lowest BCUT2D eigenvalue weighted by Crippen LogP contribution is -2.16. The first kappa shape index (κ1) is 22.6. The van der Waals surface area contributed by atoms with Gasteiger partial charge in [0.1, 0.15) is 11.0 Å². The van der Waals surface area contributed by atoms with E-state index >= 15 is 0 Å². The second-order valence-corrected chi connectivity index (χ2v) is 9.61. The fourth-order valence-corrected chi connectivity index (χ4v) is 4.71. The summed E-state index contributed by atoms with van der Waals surface area (Å²) in [6.45, 7) is 4.77. The zero-order valence-electron chi connectivity index (χ0n) is 20.5. The van der Waals surface area contributed by atoms with Crippen molar-refractivity contribution >= 4 is 27.8 Å². The van der Waals surface area contributed by atoms with Crippen molar-refractivity contribution < 1.29 is 5.11 Å². The Balaban J connectivity index is 1.46. The molecule has 0 spiro atoms. The van der Waals surface area contributed by atoms with E-state index in [-0.39, 0.29) is 18.7 Å². The first-order valence-electron chi connectivity index (χ1n) is 12.6. The summed E-state index contributed by atoms with van der Waals surface area (Å²) in [4.78, 5) is 14.6. The standard InChI is InChI=1S/C27H30N8O/c1-3-17(2)35-25-23(15-30-35)31-26(21-14-29-34(16-21)10-11-36)33-27(25)32-24(18-8-9-18)20-12-19-6-4-5-7-22(19)28-13-20/h4-7,12-18,24,36H,3,8-11H2,1-2H3,(H,31,32,33)/t17?,24-/m1/s1. The Kier molecular flexibility index (Phi) is 5.85. The van der Waals surface area contributed by atoms with E-state index in [0.29, 0.717) is 18.3 Å². The highest BCUT2D eigenvalue weighted by Gasteiger charge is 2.34. The Morgan fingerprint density at radius 2 is 1.94 bits per heavy atom. The summed E-state index contributed by atoms with van der Waals surface area (Å²) >= 11 is 0. The van der Waals surface area contributed by atoms with Crippen LogP contribution in [0.5, 0.6) is 0 Å². The summed E-state index contributed by atoms with van der Waals surface area (Å²) in [5.74, 6) is 1.88. The minimum Gasteiger partial charge on any atom is -0.394 e. The van der Waals surface area contributed by atoms with E-state index in [0.717, 1.165) is 45.3 Å². The van der Waals surface area contributed by atoms with Crippen LogP contribution in [-0.4, -0.2) is 46.2 Å². The van der Waals surface area contributed by atoms with E-state index in [2.05, 4.69) is 47.6 Å². The van der Waals surface area contributed by atoms with Crippen molar-refractivity contribution in [3.05, 3.63) is 60.7 Å². The molecule has 2 N–H and O–H groups in total. The van der Waals surface area contributed by atoms with Crippen LogP contribution in [0.1, 0.15) is 50.8 Å². The van der Waals surface area contributed by atoms with Crippen LogP contribution in [0, 0.1) is 5.92 Å². The van der Waals surface area contributed by atoms with Gasteiger partial charge in [-0.3, -0.25) is 14.3 Å². The van der Waals surface area contributed by atoms with Crippen LogP contribution in [0.25, 0.3) is 33.3 Å². The molecular formula is C27H30N8O. The highest BCUT2D eigenvalue weighted by molar-refractivity contribution is 5.88. The number of hydrogen-bond donors (Lipinski definition) is 2. The van der Waals surface area contributed by atoms with Gasteiger partial charge in [-0.15, -0.1) is 0 Å². The van der Waals surface area contributed by atoms with E-state index in [1.54, 1.807) is 10.9 Å². The van der Waals surface area contributed by atoms with Crippen molar-refractivity contribution in [1.29, 1.82) is 0 Å². The Bertz CT molecular complexity index is 1520. The molecule has 1 saturated carbocycles. The maximum absolute atomic E-state index is 9.28. The van der Waals surface area contributed by atoms with Gasteiger partial charge in [0.05, 0.1) is 42.7 Å². The molecule has 1 fully saturated rings. The topological polar surface area (TPSA) is 107 Å². The average molecular weight is 483 g/mol. The van der Waals surface area contributed by atoms with Gasteiger partial charge >= 0.3 is 0 Å². The molecule has 9 heteroatoms. The van der Waals surface area contributed by atoms with E-state index in [9.17, 15) is 5.11 Å². The van der Waals surface area contributed by atoms with E-state index in [4.69, 9.17) is 15.0 Å². The minimum atomic E-state index is 0.0261. The van der Waals surface area contributed by atoms with Crippen molar-refractivity contribution in [2.45, 2.75) is 51.7 Å². The number of pyridine rings is 1. The summed E-state index contributed by atoms with van der Waals surface area (Å²) in [5.41, 5.74) is 4.67. The smallest absolute Gasteiger partial charge is 0.165 e. The Morgan fingerprint density at radius 1 is 1.08 bits per heavy atom.